The summed E-state index contributed by atoms with van der Waals surface area (Å²) in [6.07, 6.45) is -1.98. The second-order valence-electron chi connectivity index (χ2n) is 8.21. The molecule has 0 aliphatic heterocycles. The number of hydrogen-bond acceptors (Lipinski definition) is 6. The molecule has 0 aliphatic carbocycles. The van der Waals surface area contributed by atoms with Crippen LogP contribution in [0.4, 0.5) is 13.2 Å². The lowest BCUT2D eigenvalue weighted by Crippen LogP contribution is -2.37. The summed E-state index contributed by atoms with van der Waals surface area (Å²) in [7, 11) is -1.57. The van der Waals surface area contributed by atoms with Crippen LogP contribution in [0, 0.1) is 0 Å². The minimum atomic E-state index is -4.48. The first-order valence-corrected chi connectivity index (χ1v) is 10.3. The second kappa shape index (κ2) is 8.91. The minimum absolute atomic E-state index is 0.0903. The van der Waals surface area contributed by atoms with Gasteiger partial charge in [0.25, 0.3) is 0 Å². The Morgan fingerprint density at radius 1 is 1.23 bits per heavy atom. The number of aliphatic carboxylic acids is 1. The molecule has 2 rings (SSSR count). The summed E-state index contributed by atoms with van der Waals surface area (Å²) < 4.78 is 57.7. The number of ether oxygens (including phenoxy) is 1. The number of hydrogen-bond donors (Lipinski definition) is 2. The number of halogens is 3. The van der Waals surface area contributed by atoms with Crippen LogP contribution in [0.25, 0.3) is 0 Å². The Hall–Kier alpha value is -2.54. The normalized spacial score (nSPS) is 14.8. The van der Waals surface area contributed by atoms with Gasteiger partial charge in [-0.25, -0.2) is 18.4 Å². The topological polar surface area (TPSA) is 119 Å². The summed E-state index contributed by atoms with van der Waals surface area (Å²) in [5, 5.41) is 17.3. The Labute approximate surface area is 179 Å². The third-order valence-corrected chi connectivity index (χ3v) is 5.70. The molecule has 0 radical (unpaired) electrons. The van der Waals surface area contributed by atoms with Crippen molar-refractivity contribution in [2.24, 2.45) is 0 Å². The largest absolute Gasteiger partial charge is 0.483 e. The van der Waals surface area contributed by atoms with E-state index < -0.39 is 46.1 Å². The first-order valence-electron chi connectivity index (χ1n) is 9.11. The zero-order chi connectivity index (χ0) is 23.6. The van der Waals surface area contributed by atoms with Gasteiger partial charge in [0.15, 0.2) is 12.1 Å². The van der Waals surface area contributed by atoms with Gasteiger partial charge in [-0.2, -0.15) is 13.2 Å². The predicted molar refractivity (Wildman–Crippen MR) is 106 cm³/mol. The van der Waals surface area contributed by atoms with Crippen LogP contribution in [0.2, 0.25) is 0 Å². The van der Waals surface area contributed by atoms with Gasteiger partial charge in [0, 0.05) is 0 Å². The molecule has 0 amide bonds. The number of carbonyl (C=O) groups is 1. The predicted octanol–water partition coefficient (Wildman–Crippen LogP) is 2.58. The molecule has 2 heterocycles. The van der Waals surface area contributed by atoms with Crippen LogP contribution in [0.3, 0.4) is 0 Å². The van der Waals surface area contributed by atoms with Gasteiger partial charge in [0.05, 0.1) is 33.8 Å². The average Bonchev–Trinajstić information content (AvgIpc) is 3.14. The van der Waals surface area contributed by atoms with Crippen molar-refractivity contribution >= 4 is 17.0 Å². The number of nitrogens with zero attached hydrogens (tertiary/aromatic N) is 4. The van der Waals surface area contributed by atoms with Crippen LogP contribution in [0.1, 0.15) is 52.0 Å². The SMILES string of the molecule is CC(C)(C(=O)O)n1cc([C@@H](N[S@@](=O)C(C)(C)C)c2ccc(OCC(F)(F)F)cn2)nn1. The van der Waals surface area contributed by atoms with Crippen LogP contribution in [0.5, 0.6) is 5.75 Å². The lowest BCUT2D eigenvalue weighted by atomic mass is 10.1. The maximum atomic E-state index is 12.7. The lowest BCUT2D eigenvalue weighted by molar-refractivity contribution is -0.153. The van der Waals surface area contributed by atoms with E-state index in [9.17, 15) is 27.3 Å². The summed E-state index contributed by atoms with van der Waals surface area (Å²) in [5.74, 6) is -1.22. The Kier molecular flexibility index (Phi) is 7.10. The van der Waals surface area contributed by atoms with E-state index in [0.717, 1.165) is 10.9 Å². The van der Waals surface area contributed by atoms with Crippen LogP contribution in [0.15, 0.2) is 24.5 Å². The lowest BCUT2D eigenvalue weighted by Gasteiger charge is -2.23. The van der Waals surface area contributed by atoms with E-state index in [0.29, 0.717) is 0 Å². The van der Waals surface area contributed by atoms with Crippen molar-refractivity contribution in [2.75, 3.05) is 6.61 Å². The van der Waals surface area contributed by atoms with E-state index in [2.05, 4.69) is 24.8 Å². The van der Waals surface area contributed by atoms with E-state index >= 15 is 0 Å². The molecule has 2 aromatic rings. The third-order valence-electron chi connectivity index (χ3n) is 4.14. The average molecular weight is 463 g/mol. The summed E-state index contributed by atoms with van der Waals surface area (Å²) in [6, 6.07) is 1.84. The van der Waals surface area contributed by atoms with E-state index in [1.54, 1.807) is 20.8 Å². The highest BCUT2D eigenvalue weighted by Crippen LogP contribution is 2.25. The fourth-order valence-electron chi connectivity index (χ4n) is 2.15. The number of pyridine rings is 1. The standard InChI is InChI=1S/C18H24F3N5O4S/c1-16(2,3)31(29)24-14(13-9-26(25-23-13)17(4,5)15(27)28)12-7-6-11(8-22-12)30-10-18(19,20)21/h6-9,14,24H,10H2,1-5H3,(H,27,28)/t14-,31-/m0/s1. The molecular formula is C18H24F3N5O4S. The third kappa shape index (κ3) is 6.47. The highest BCUT2D eigenvalue weighted by Gasteiger charge is 2.33. The zero-order valence-electron chi connectivity index (χ0n) is 17.6. The summed E-state index contributed by atoms with van der Waals surface area (Å²) in [4.78, 5) is 15.6. The highest BCUT2D eigenvalue weighted by molar-refractivity contribution is 7.84. The Bertz CT molecular complexity index is 939. The molecule has 0 spiro atoms. The number of carboxylic acid groups (broad SMARTS) is 1. The van der Waals surface area contributed by atoms with Gasteiger partial charge in [-0.15, -0.1) is 5.10 Å². The Balaban J connectivity index is 2.37. The van der Waals surface area contributed by atoms with Gasteiger partial charge in [0.1, 0.15) is 17.5 Å². The van der Waals surface area contributed by atoms with Crippen LogP contribution in [-0.2, 0) is 21.3 Å². The molecule has 0 fully saturated rings. The fourth-order valence-corrected chi connectivity index (χ4v) is 2.96. The molecule has 0 bridgehead atoms. The zero-order valence-corrected chi connectivity index (χ0v) is 18.4. The van der Waals surface area contributed by atoms with Gasteiger partial charge in [-0.05, 0) is 46.8 Å². The monoisotopic (exact) mass is 463 g/mol. The quantitative estimate of drug-likeness (QED) is 0.618. The molecule has 0 aliphatic rings. The molecule has 2 atom stereocenters. The molecule has 9 nitrogen and oxygen atoms in total. The molecule has 2 N–H and O–H groups in total. The molecular weight excluding hydrogens is 439 g/mol. The Morgan fingerprint density at radius 3 is 2.35 bits per heavy atom. The van der Waals surface area contributed by atoms with Gasteiger partial charge in [-0.3, -0.25) is 4.98 Å². The molecule has 0 unspecified atom stereocenters. The maximum absolute atomic E-state index is 12.7. The van der Waals surface area contributed by atoms with Crippen molar-refractivity contribution in [3.05, 3.63) is 35.9 Å². The van der Waals surface area contributed by atoms with Crippen molar-refractivity contribution in [3.63, 3.8) is 0 Å². The molecule has 0 aromatic carbocycles. The number of nitrogens with one attached hydrogen (secondary N) is 1. The molecule has 2 aromatic heterocycles. The number of rotatable bonds is 8. The number of alkyl halides is 3. The van der Waals surface area contributed by atoms with Gasteiger partial charge < -0.3 is 9.84 Å². The molecule has 172 valence electrons. The summed E-state index contributed by atoms with van der Waals surface area (Å²) >= 11 is 0. The van der Waals surface area contributed by atoms with Crippen LogP contribution in [-0.4, -0.2) is 52.8 Å². The number of carboxylic acids is 1. The Morgan fingerprint density at radius 2 is 1.87 bits per heavy atom. The van der Waals surface area contributed by atoms with E-state index in [-0.39, 0.29) is 17.1 Å². The van der Waals surface area contributed by atoms with Crippen LogP contribution < -0.4 is 9.46 Å². The molecule has 31 heavy (non-hydrogen) atoms. The first kappa shape index (κ1) is 24.7. The van der Waals surface area contributed by atoms with Crippen molar-refractivity contribution in [3.8, 4) is 5.75 Å². The van der Waals surface area contributed by atoms with Crippen LogP contribution >= 0.6 is 0 Å². The van der Waals surface area contributed by atoms with Gasteiger partial charge in [0.2, 0.25) is 0 Å². The van der Waals surface area contributed by atoms with Gasteiger partial charge >= 0.3 is 12.1 Å². The van der Waals surface area contributed by atoms with Crippen molar-refractivity contribution < 1.29 is 32.0 Å². The van der Waals surface area contributed by atoms with Gasteiger partial charge in [-0.1, -0.05) is 5.21 Å². The molecule has 0 saturated carbocycles. The fraction of sp³-hybridized carbons (Fsp3) is 0.556. The highest BCUT2D eigenvalue weighted by atomic mass is 32.2. The van der Waals surface area contributed by atoms with Crippen molar-refractivity contribution in [1.82, 2.24) is 24.7 Å². The van der Waals surface area contributed by atoms with Crippen molar-refractivity contribution in [2.45, 2.75) is 57.1 Å². The molecule has 0 saturated heterocycles. The van der Waals surface area contributed by atoms with Crippen molar-refractivity contribution in [1.29, 1.82) is 0 Å². The smallest absolute Gasteiger partial charge is 0.422 e. The number of aromatic nitrogens is 4. The summed E-state index contributed by atoms with van der Waals surface area (Å²) in [5.41, 5.74) is -0.859. The van der Waals surface area contributed by atoms with E-state index in [4.69, 9.17) is 0 Å². The molecule has 13 heteroatoms. The van der Waals surface area contributed by atoms with E-state index in [1.807, 2.05) is 0 Å². The maximum Gasteiger partial charge on any atom is 0.422 e. The summed E-state index contributed by atoms with van der Waals surface area (Å²) in [6.45, 7) is 6.67. The minimum Gasteiger partial charge on any atom is -0.483 e. The van der Waals surface area contributed by atoms with E-state index in [1.165, 1.54) is 32.2 Å². The first-order chi connectivity index (χ1) is 14.1. The second-order valence-corrected chi connectivity index (χ2v) is 10.2.